The van der Waals surface area contributed by atoms with E-state index in [1.54, 1.807) is 6.92 Å². The molecular formula is C14H18F2N2O4. The second-order valence-corrected chi connectivity index (χ2v) is 4.33. The molecule has 0 fully saturated rings. The van der Waals surface area contributed by atoms with Crippen LogP contribution in [0.25, 0.3) is 0 Å². The van der Waals surface area contributed by atoms with Gasteiger partial charge >= 0.3 is 6.61 Å². The van der Waals surface area contributed by atoms with E-state index in [9.17, 15) is 18.4 Å². The molecule has 1 rings (SSSR count). The monoisotopic (exact) mass is 316 g/mol. The molecule has 0 aliphatic heterocycles. The van der Waals surface area contributed by atoms with Crippen LogP contribution in [0.2, 0.25) is 0 Å². The summed E-state index contributed by atoms with van der Waals surface area (Å²) in [5.74, 6) is -1.02. The number of carbonyl (C=O) groups is 2. The van der Waals surface area contributed by atoms with Crippen LogP contribution in [0, 0.1) is 0 Å². The molecule has 2 amide bonds. The van der Waals surface area contributed by atoms with Gasteiger partial charge in [0.05, 0.1) is 7.11 Å². The number of halogens is 2. The number of nitrogens with one attached hydrogen (secondary N) is 2. The summed E-state index contributed by atoms with van der Waals surface area (Å²) in [6.07, 6.45) is 0. The molecule has 8 heteroatoms. The maximum absolute atomic E-state index is 12.2. The number of alkyl halides is 2. The highest BCUT2D eigenvalue weighted by Gasteiger charge is 2.18. The van der Waals surface area contributed by atoms with Crippen LogP contribution in [-0.4, -0.2) is 38.1 Å². The van der Waals surface area contributed by atoms with Crippen molar-refractivity contribution >= 4 is 11.8 Å². The predicted octanol–water partition coefficient (Wildman–Crippen LogP) is 1.55. The Hall–Kier alpha value is -2.38. The van der Waals surface area contributed by atoms with E-state index in [0.717, 1.165) is 0 Å². The average Bonchev–Trinajstić information content (AvgIpc) is 2.47. The maximum Gasteiger partial charge on any atom is 0.387 e. The number of hydrogen-bond donors (Lipinski definition) is 2. The Labute approximate surface area is 126 Å². The van der Waals surface area contributed by atoms with Gasteiger partial charge in [0.1, 0.15) is 6.04 Å². The van der Waals surface area contributed by atoms with Crippen LogP contribution in [0.5, 0.6) is 11.5 Å². The van der Waals surface area contributed by atoms with Crippen molar-refractivity contribution in [1.82, 2.24) is 10.6 Å². The summed E-state index contributed by atoms with van der Waals surface area (Å²) >= 11 is 0. The Bertz CT molecular complexity index is 538. The summed E-state index contributed by atoms with van der Waals surface area (Å²) in [6, 6.07) is 3.05. The third kappa shape index (κ3) is 4.87. The highest BCUT2D eigenvalue weighted by atomic mass is 19.3. The first-order valence-electron chi connectivity index (χ1n) is 6.60. The average molecular weight is 316 g/mol. The molecule has 1 aromatic rings. The lowest BCUT2D eigenvalue weighted by molar-refractivity contribution is -0.122. The normalized spacial score (nSPS) is 11.7. The molecule has 0 saturated heterocycles. The predicted molar refractivity (Wildman–Crippen MR) is 75.2 cm³/mol. The van der Waals surface area contributed by atoms with E-state index in [1.807, 2.05) is 0 Å². The summed E-state index contributed by atoms with van der Waals surface area (Å²) in [6.45, 7) is 0.756. The van der Waals surface area contributed by atoms with Gasteiger partial charge in [-0.25, -0.2) is 0 Å². The Balaban J connectivity index is 2.84. The molecule has 0 spiro atoms. The van der Waals surface area contributed by atoms with Gasteiger partial charge in [0.15, 0.2) is 11.5 Å². The van der Waals surface area contributed by atoms with Gasteiger partial charge < -0.3 is 20.1 Å². The fourth-order valence-corrected chi connectivity index (χ4v) is 1.68. The smallest absolute Gasteiger partial charge is 0.387 e. The fraction of sp³-hybridized carbons (Fsp3) is 0.429. The second-order valence-electron chi connectivity index (χ2n) is 4.33. The fourth-order valence-electron chi connectivity index (χ4n) is 1.68. The van der Waals surface area contributed by atoms with Crippen LogP contribution in [0.15, 0.2) is 18.2 Å². The number of carbonyl (C=O) groups excluding carboxylic acids is 2. The number of ether oxygens (including phenoxy) is 2. The maximum atomic E-state index is 12.2. The molecule has 0 aliphatic rings. The number of likely N-dealkylation sites (N-methyl/N-ethyl adjacent to an activating group) is 1. The lowest BCUT2D eigenvalue weighted by atomic mass is 10.1. The zero-order valence-electron chi connectivity index (χ0n) is 12.5. The van der Waals surface area contributed by atoms with Crippen LogP contribution >= 0.6 is 0 Å². The molecule has 0 saturated carbocycles. The van der Waals surface area contributed by atoms with Crippen molar-refractivity contribution < 1.29 is 27.8 Å². The Morgan fingerprint density at radius 1 is 1.27 bits per heavy atom. The van der Waals surface area contributed by atoms with Crippen LogP contribution in [0.1, 0.15) is 24.2 Å². The Morgan fingerprint density at radius 2 is 1.95 bits per heavy atom. The first-order valence-corrected chi connectivity index (χ1v) is 6.60. The molecule has 1 aromatic carbocycles. The van der Waals surface area contributed by atoms with Gasteiger partial charge in [-0.05, 0) is 32.0 Å². The number of benzene rings is 1. The minimum atomic E-state index is -2.99. The van der Waals surface area contributed by atoms with Crippen molar-refractivity contribution in [3.8, 4) is 11.5 Å². The van der Waals surface area contributed by atoms with Crippen molar-refractivity contribution in [3.63, 3.8) is 0 Å². The highest BCUT2D eigenvalue weighted by Crippen LogP contribution is 2.29. The lowest BCUT2D eigenvalue weighted by Crippen LogP contribution is -2.44. The number of rotatable bonds is 7. The van der Waals surface area contributed by atoms with E-state index in [4.69, 9.17) is 4.74 Å². The van der Waals surface area contributed by atoms with Crippen LogP contribution in [0.4, 0.5) is 8.78 Å². The Kier molecular flexibility index (Phi) is 6.55. The van der Waals surface area contributed by atoms with E-state index in [1.165, 1.54) is 32.2 Å². The highest BCUT2D eigenvalue weighted by molar-refractivity contribution is 5.97. The van der Waals surface area contributed by atoms with Crippen molar-refractivity contribution in [2.75, 3.05) is 13.7 Å². The van der Waals surface area contributed by atoms with Crippen LogP contribution < -0.4 is 20.1 Å². The van der Waals surface area contributed by atoms with E-state index in [-0.39, 0.29) is 23.0 Å². The summed E-state index contributed by atoms with van der Waals surface area (Å²) in [7, 11) is 1.27. The molecule has 0 unspecified atom stereocenters. The quantitative estimate of drug-likeness (QED) is 0.800. The molecule has 0 bridgehead atoms. The molecule has 122 valence electrons. The number of hydrogen-bond acceptors (Lipinski definition) is 4. The summed E-state index contributed by atoms with van der Waals surface area (Å²) in [5, 5.41) is 5.07. The molecule has 6 nitrogen and oxygen atoms in total. The minimum absolute atomic E-state index is 0.00128. The molecule has 22 heavy (non-hydrogen) atoms. The molecule has 2 N–H and O–H groups in total. The van der Waals surface area contributed by atoms with E-state index >= 15 is 0 Å². The van der Waals surface area contributed by atoms with Crippen molar-refractivity contribution in [2.24, 2.45) is 0 Å². The molecule has 0 aromatic heterocycles. The van der Waals surface area contributed by atoms with Gasteiger partial charge in [-0.1, -0.05) is 0 Å². The van der Waals surface area contributed by atoms with E-state index in [2.05, 4.69) is 15.4 Å². The SMILES string of the molecule is CCNC(=O)[C@@H](C)NC(=O)c1ccc(OC(F)F)c(OC)c1. The first-order chi connectivity index (χ1) is 10.4. The zero-order chi connectivity index (χ0) is 16.7. The van der Waals surface area contributed by atoms with Crippen molar-refractivity contribution in [2.45, 2.75) is 26.5 Å². The largest absolute Gasteiger partial charge is 0.493 e. The van der Waals surface area contributed by atoms with Gasteiger partial charge in [-0.2, -0.15) is 8.78 Å². The molecule has 0 aliphatic carbocycles. The van der Waals surface area contributed by atoms with Gasteiger partial charge in [0.25, 0.3) is 5.91 Å². The lowest BCUT2D eigenvalue weighted by Gasteiger charge is -2.15. The molecule has 0 radical (unpaired) electrons. The van der Waals surface area contributed by atoms with Crippen LogP contribution in [0.3, 0.4) is 0 Å². The van der Waals surface area contributed by atoms with Gasteiger partial charge in [-0.15, -0.1) is 0 Å². The standard InChI is InChI=1S/C14H18F2N2O4/c1-4-17-12(19)8(2)18-13(20)9-5-6-10(22-14(15)16)11(7-9)21-3/h5-8,14H,4H2,1-3H3,(H,17,19)(H,18,20)/t8-/m1/s1. The van der Waals surface area contributed by atoms with Crippen molar-refractivity contribution in [3.05, 3.63) is 23.8 Å². The van der Waals surface area contributed by atoms with Crippen molar-refractivity contribution in [1.29, 1.82) is 0 Å². The van der Waals surface area contributed by atoms with Gasteiger partial charge in [-0.3, -0.25) is 9.59 Å². The summed E-state index contributed by atoms with van der Waals surface area (Å²) in [5.41, 5.74) is 0.162. The third-order valence-electron chi connectivity index (χ3n) is 2.73. The van der Waals surface area contributed by atoms with Crippen LogP contribution in [-0.2, 0) is 4.79 Å². The zero-order valence-corrected chi connectivity index (χ0v) is 12.5. The summed E-state index contributed by atoms with van der Waals surface area (Å²) in [4.78, 5) is 23.6. The minimum Gasteiger partial charge on any atom is -0.493 e. The summed E-state index contributed by atoms with van der Waals surface area (Å²) < 4.78 is 33.6. The molecule has 1 atom stereocenters. The topological polar surface area (TPSA) is 76.7 Å². The van der Waals surface area contributed by atoms with Gasteiger partial charge in [0.2, 0.25) is 5.91 Å². The molecule has 0 heterocycles. The third-order valence-corrected chi connectivity index (χ3v) is 2.73. The first kappa shape index (κ1) is 17.7. The number of methoxy groups -OCH3 is 1. The second kappa shape index (κ2) is 8.16. The molecular weight excluding hydrogens is 298 g/mol. The Morgan fingerprint density at radius 3 is 2.50 bits per heavy atom. The van der Waals surface area contributed by atoms with Gasteiger partial charge in [0, 0.05) is 12.1 Å². The van der Waals surface area contributed by atoms with E-state index in [0.29, 0.717) is 6.54 Å². The number of amides is 2. The van der Waals surface area contributed by atoms with E-state index < -0.39 is 18.6 Å².